The largest absolute Gasteiger partial charge is 0.507 e. The molecule has 0 spiro atoms. The van der Waals surface area contributed by atoms with Crippen LogP contribution in [-0.4, -0.2) is 21.3 Å². The van der Waals surface area contributed by atoms with Crippen LogP contribution in [0.4, 0.5) is 5.82 Å². The molecule has 1 aliphatic rings. The standard InChI is InChI=1S/C20H20N4OS/c1-2-6-13-7-5-8-14(18(13)25)11-23-24-19-17-15-9-3-4-10-16(15)26-20(17)22-12-21-19/h2,5,7-8,11-12,25H,1,3-4,6,9-10H2,(H,21,22,24)/b23-11+. The number of anilines is 1. The molecule has 0 saturated carbocycles. The first-order valence-corrected chi connectivity index (χ1v) is 9.55. The third-order valence-electron chi connectivity index (χ3n) is 4.64. The molecule has 2 heterocycles. The lowest BCUT2D eigenvalue weighted by Gasteiger charge is -2.11. The smallest absolute Gasteiger partial charge is 0.158 e. The lowest BCUT2D eigenvalue weighted by atomic mass is 9.97. The summed E-state index contributed by atoms with van der Waals surface area (Å²) in [6.45, 7) is 3.72. The van der Waals surface area contributed by atoms with E-state index in [2.05, 4.69) is 27.1 Å². The highest BCUT2D eigenvalue weighted by Gasteiger charge is 2.19. The summed E-state index contributed by atoms with van der Waals surface area (Å²) in [5.74, 6) is 0.964. The molecule has 0 bridgehead atoms. The number of hydrogen-bond acceptors (Lipinski definition) is 6. The minimum atomic E-state index is 0.235. The Hall–Kier alpha value is -2.73. The molecule has 2 aromatic heterocycles. The van der Waals surface area contributed by atoms with Gasteiger partial charge in [-0.1, -0.05) is 18.2 Å². The van der Waals surface area contributed by atoms with Gasteiger partial charge in [-0.3, -0.25) is 5.43 Å². The van der Waals surface area contributed by atoms with Crippen LogP contribution in [0.5, 0.6) is 5.75 Å². The van der Waals surface area contributed by atoms with Crippen molar-refractivity contribution in [2.24, 2.45) is 5.10 Å². The summed E-state index contributed by atoms with van der Waals surface area (Å²) < 4.78 is 0. The number of nitrogens with zero attached hydrogens (tertiary/aromatic N) is 3. The van der Waals surface area contributed by atoms with E-state index in [1.165, 1.54) is 23.3 Å². The maximum atomic E-state index is 10.3. The zero-order valence-electron chi connectivity index (χ0n) is 14.4. The van der Waals surface area contributed by atoms with E-state index in [1.54, 1.807) is 30.0 Å². The number of aryl methyl sites for hydroxylation is 2. The van der Waals surface area contributed by atoms with Crippen LogP contribution in [-0.2, 0) is 19.3 Å². The molecule has 26 heavy (non-hydrogen) atoms. The van der Waals surface area contributed by atoms with Gasteiger partial charge >= 0.3 is 0 Å². The van der Waals surface area contributed by atoms with E-state index in [1.807, 2.05) is 18.2 Å². The summed E-state index contributed by atoms with van der Waals surface area (Å²) in [5, 5.41) is 15.7. The zero-order chi connectivity index (χ0) is 17.9. The molecule has 1 aliphatic carbocycles. The molecule has 6 heteroatoms. The minimum absolute atomic E-state index is 0.235. The minimum Gasteiger partial charge on any atom is -0.507 e. The number of benzene rings is 1. The second-order valence-electron chi connectivity index (χ2n) is 6.33. The Balaban J connectivity index is 1.62. The van der Waals surface area contributed by atoms with Gasteiger partial charge in [-0.15, -0.1) is 17.9 Å². The second-order valence-corrected chi connectivity index (χ2v) is 7.41. The van der Waals surface area contributed by atoms with E-state index in [4.69, 9.17) is 0 Å². The van der Waals surface area contributed by atoms with Crippen molar-refractivity contribution in [1.29, 1.82) is 0 Å². The van der Waals surface area contributed by atoms with E-state index < -0.39 is 0 Å². The van der Waals surface area contributed by atoms with Crippen LogP contribution in [0.3, 0.4) is 0 Å². The number of nitrogens with one attached hydrogen (secondary N) is 1. The topological polar surface area (TPSA) is 70.4 Å². The highest BCUT2D eigenvalue weighted by Crippen LogP contribution is 2.38. The van der Waals surface area contributed by atoms with Gasteiger partial charge < -0.3 is 5.11 Å². The first-order chi connectivity index (χ1) is 12.8. The summed E-state index contributed by atoms with van der Waals surface area (Å²) in [4.78, 5) is 11.2. The SMILES string of the molecule is C=CCc1cccc(/C=N/Nc2ncnc3sc4c(c23)CCCC4)c1O. The molecule has 0 radical (unpaired) electrons. The van der Waals surface area contributed by atoms with E-state index in [9.17, 15) is 5.11 Å². The number of fused-ring (bicyclic) bond motifs is 3. The van der Waals surface area contributed by atoms with Crippen molar-refractivity contribution in [2.45, 2.75) is 32.1 Å². The summed E-state index contributed by atoms with van der Waals surface area (Å²) >= 11 is 1.76. The van der Waals surface area contributed by atoms with Gasteiger partial charge in [0.2, 0.25) is 0 Å². The monoisotopic (exact) mass is 364 g/mol. The Morgan fingerprint density at radius 1 is 1.27 bits per heavy atom. The van der Waals surface area contributed by atoms with Gasteiger partial charge in [0.05, 0.1) is 11.6 Å². The van der Waals surface area contributed by atoms with E-state index in [0.717, 1.165) is 34.4 Å². The fourth-order valence-electron chi connectivity index (χ4n) is 3.37. The fourth-order valence-corrected chi connectivity index (χ4v) is 4.60. The van der Waals surface area contributed by atoms with Crippen LogP contribution in [0.1, 0.15) is 34.4 Å². The Bertz CT molecular complexity index is 993. The zero-order valence-corrected chi connectivity index (χ0v) is 15.2. The maximum absolute atomic E-state index is 10.3. The van der Waals surface area contributed by atoms with E-state index >= 15 is 0 Å². The van der Waals surface area contributed by atoms with Gasteiger partial charge in [0.25, 0.3) is 0 Å². The van der Waals surface area contributed by atoms with Crippen molar-refractivity contribution in [2.75, 3.05) is 5.43 Å². The molecule has 0 amide bonds. The van der Waals surface area contributed by atoms with Crippen LogP contribution < -0.4 is 5.43 Å². The van der Waals surface area contributed by atoms with Crippen LogP contribution >= 0.6 is 11.3 Å². The summed E-state index contributed by atoms with van der Waals surface area (Å²) in [6, 6.07) is 5.61. The maximum Gasteiger partial charge on any atom is 0.158 e. The third-order valence-corrected chi connectivity index (χ3v) is 5.84. The van der Waals surface area contributed by atoms with Crippen molar-refractivity contribution >= 4 is 33.6 Å². The van der Waals surface area contributed by atoms with Gasteiger partial charge in [0.15, 0.2) is 5.82 Å². The number of aromatic nitrogens is 2. The van der Waals surface area contributed by atoms with E-state index in [-0.39, 0.29) is 5.75 Å². The molecule has 5 nitrogen and oxygen atoms in total. The number of hydrogen-bond donors (Lipinski definition) is 2. The molecule has 4 rings (SSSR count). The number of para-hydroxylation sites is 1. The number of rotatable bonds is 5. The van der Waals surface area contributed by atoms with Crippen LogP contribution in [0.15, 0.2) is 42.3 Å². The molecule has 1 aromatic carbocycles. The summed E-state index contributed by atoms with van der Waals surface area (Å²) in [5.41, 5.74) is 5.91. The summed E-state index contributed by atoms with van der Waals surface area (Å²) in [6.07, 6.45) is 10.2. The van der Waals surface area contributed by atoms with Crippen molar-refractivity contribution in [3.63, 3.8) is 0 Å². The molecular formula is C20H20N4OS. The summed E-state index contributed by atoms with van der Waals surface area (Å²) in [7, 11) is 0. The normalized spacial score (nSPS) is 13.8. The lowest BCUT2D eigenvalue weighted by molar-refractivity contribution is 0.469. The van der Waals surface area contributed by atoms with Gasteiger partial charge in [-0.2, -0.15) is 5.10 Å². The number of hydrazone groups is 1. The molecule has 0 aliphatic heterocycles. The molecule has 0 saturated heterocycles. The van der Waals surface area contributed by atoms with Gasteiger partial charge in [-0.25, -0.2) is 9.97 Å². The number of phenols is 1. The van der Waals surface area contributed by atoms with Gasteiger partial charge in [-0.05, 0) is 49.3 Å². The van der Waals surface area contributed by atoms with Gasteiger partial charge in [0.1, 0.15) is 16.9 Å². The Kier molecular flexibility index (Phi) is 4.67. The molecule has 3 aromatic rings. The van der Waals surface area contributed by atoms with Crippen molar-refractivity contribution < 1.29 is 5.11 Å². The third kappa shape index (κ3) is 3.08. The highest BCUT2D eigenvalue weighted by atomic mass is 32.1. The Labute approximate surface area is 156 Å². The number of aromatic hydroxyl groups is 1. The average molecular weight is 364 g/mol. The molecule has 0 fully saturated rings. The van der Waals surface area contributed by atoms with Crippen molar-refractivity contribution in [3.8, 4) is 5.75 Å². The predicted molar refractivity (Wildman–Crippen MR) is 107 cm³/mol. The quantitative estimate of drug-likeness (QED) is 0.399. The van der Waals surface area contributed by atoms with Crippen LogP contribution in [0.25, 0.3) is 10.2 Å². The average Bonchev–Trinajstić information content (AvgIpc) is 3.04. The molecule has 2 N–H and O–H groups in total. The van der Waals surface area contributed by atoms with E-state index in [0.29, 0.717) is 12.0 Å². The fraction of sp³-hybridized carbons (Fsp3) is 0.250. The highest BCUT2D eigenvalue weighted by molar-refractivity contribution is 7.19. The molecular weight excluding hydrogens is 344 g/mol. The molecule has 0 unspecified atom stereocenters. The Morgan fingerprint density at radius 3 is 3.04 bits per heavy atom. The molecule has 0 atom stereocenters. The number of phenolic OH excluding ortho intramolecular Hbond substituents is 1. The van der Waals surface area contributed by atoms with Crippen LogP contribution in [0, 0.1) is 0 Å². The number of thiophene rings is 1. The van der Waals surface area contributed by atoms with Gasteiger partial charge in [0, 0.05) is 10.4 Å². The molecule has 132 valence electrons. The van der Waals surface area contributed by atoms with Crippen molar-refractivity contribution in [1.82, 2.24) is 9.97 Å². The van der Waals surface area contributed by atoms with Crippen molar-refractivity contribution in [3.05, 3.63) is 58.7 Å². The first kappa shape index (κ1) is 16.7. The lowest BCUT2D eigenvalue weighted by Crippen LogP contribution is -2.01. The second kappa shape index (κ2) is 7.25. The Morgan fingerprint density at radius 2 is 2.15 bits per heavy atom. The predicted octanol–water partition coefficient (Wildman–Crippen LogP) is 4.45. The first-order valence-electron chi connectivity index (χ1n) is 8.74. The number of allylic oxidation sites excluding steroid dienone is 1. The van der Waals surface area contributed by atoms with Crippen LogP contribution in [0.2, 0.25) is 0 Å².